The van der Waals surface area contributed by atoms with E-state index in [0.29, 0.717) is 12.2 Å². The minimum atomic E-state index is -0.971. The Morgan fingerprint density at radius 1 is 1.11 bits per heavy atom. The molecule has 4 rings (SSSR count). The van der Waals surface area contributed by atoms with Crippen LogP contribution in [0, 0.1) is 5.92 Å². The lowest BCUT2D eigenvalue weighted by atomic mass is 10.0. The molecule has 4 aromatic rings. The first-order valence-corrected chi connectivity index (χ1v) is 12.6. The third kappa shape index (κ3) is 5.40. The molecule has 0 unspecified atom stereocenters. The van der Waals surface area contributed by atoms with Gasteiger partial charge < -0.3 is 10.0 Å². The Labute approximate surface area is 208 Å². The van der Waals surface area contributed by atoms with Gasteiger partial charge in [0, 0.05) is 33.7 Å². The number of rotatable bonds is 10. The number of aromatic nitrogens is 4. The van der Waals surface area contributed by atoms with Crippen molar-refractivity contribution in [2.75, 3.05) is 0 Å². The lowest BCUT2D eigenvalue weighted by molar-refractivity contribution is -0.153. The van der Waals surface area contributed by atoms with E-state index < -0.39 is 12.0 Å². The fraction of sp³-hybridized carbons (Fsp3) is 0.346. The van der Waals surface area contributed by atoms with Gasteiger partial charge in [0.2, 0.25) is 11.7 Å². The van der Waals surface area contributed by atoms with Gasteiger partial charge in [-0.05, 0) is 46.7 Å². The number of carboxylic acids is 1. The Bertz CT molecular complexity index is 1320. The standard InChI is InChI=1S/C26H29N5O3S/c1-4-5-10-23(32)31(24(16(2)3)26(33)34)15-17-11-12-21-18(13-17)14-22(35-21)19-8-6-7-9-20(19)25-27-29-30-28-25/h6-9,11-14,16,24H,4-5,10,15H2,1-3H3,(H,33,34)(H,27,28,29,30)/t24-/m0/s1. The molecule has 0 fully saturated rings. The topological polar surface area (TPSA) is 112 Å². The van der Waals surface area contributed by atoms with Crippen LogP contribution in [0.3, 0.4) is 0 Å². The first-order valence-electron chi connectivity index (χ1n) is 11.8. The van der Waals surface area contributed by atoms with Crippen LogP contribution in [-0.2, 0) is 16.1 Å². The Morgan fingerprint density at radius 3 is 2.54 bits per heavy atom. The molecule has 0 spiro atoms. The molecule has 0 aliphatic rings. The van der Waals surface area contributed by atoms with E-state index in [1.165, 1.54) is 4.90 Å². The van der Waals surface area contributed by atoms with Crippen LogP contribution < -0.4 is 0 Å². The highest BCUT2D eigenvalue weighted by Gasteiger charge is 2.32. The summed E-state index contributed by atoms with van der Waals surface area (Å²) in [7, 11) is 0. The number of carbonyl (C=O) groups is 2. The number of tetrazole rings is 1. The molecular formula is C26H29N5O3S. The number of unbranched alkanes of at least 4 members (excludes halogenated alkanes) is 1. The lowest BCUT2D eigenvalue weighted by Gasteiger charge is -2.32. The van der Waals surface area contributed by atoms with Gasteiger partial charge in [-0.3, -0.25) is 4.79 Å². The minimum Gasteiger partial charge on any atom is -0.480 e. The fourth-order valence-electron chi connectivity index (χ4n) is 4.28. The Morgan fingerprint density at radius 2 is 1.89 bits per heavy atom. The summed E-state index contributed by atoms with van der Waals surface area (Å²) in [5.74, 6) is -0.750. The van der Waals surface area contributed by atoms with Crippen LogP contribution in [0.5, 0.6) is 0 Å². The van der Waals surface area contributed by atoms with E-state index in [-0.39, 0.29) is 18.4 Å². The molecule has 1 atom stereocenters. The number of nitrogens with zero attached hydrogens (tertiary/aromatic N) is 4. The largest absolute Gasteiger partial charge is 0.480 e. The Hall–Kier alpha value is -3.59. The van der Waals surface area contributed by atoms with Crippen molar-refractivity contribution in [1.29, 1.82) is 0 Å². The van der Waals surface area contributed by atoms with Crippen LogP contribution in [0.2, 0.25) is 0 Å². The van der Waals surface area contributed by atoms with Gasteiger partial charge in [-0.2, -0.15) is 5.21 Å². The summed E-state index contributed by atoms with van der Waals surface area (Å²) >= 11 is 1.66. The molecule has 0 saturated carbocycles. The number of carboxylic acid groups (broad SMARTS) is 1. The average molecular weight is 492 g/mol. The quantitative estimate of drug-likeness (QED) is 0.308. The highest BCUT2D eigenvalue weighted by Crippen LogP contribution is 2.38. The normalized spacial score (nSPS) is 12.2. The highest BCUT2D eigenvalue weighted by atomic mass is 32.1. The van der Waals surface area contributed by atoms with Gasteiger partial charge in [-0.1, -0.05) is 57.5 Å². The van der Waals surface area contributed by atoms with Crippen LogP contribution in [0.25, 0.3) is 31.9 Å². The zero-order chi connectivity index (χ0) is 24.9. The number of carbonyl (C=O) groups excluding carboxylic acids is 1. The van der Waals surface area contributed by atoms with Crippen molar-refractivity contribution in [3.8, 4) is 21.8 Å². The molecule has 1 amide bonds. The highest BCUT2D eigenvalue weighted by molar-refractivity contribution is 7.22. The summed E-state index contributed by atoms with van der Waals surface area (Å²) in [6.07, 6.45) is 1.98. The molecule has 35 heavy (non-hydrogen) atoms. The van der Waals surface area contributed by atoms with E-state index >= 15 is 0 Å². The van der Waals surface area contributed by atoms with Crippen LogP contribution >= 0.6 is 11.3 Å². The second-order valence-electron chi connectivity index (χ2n) is 8.92. The molecule has 2 heterocycles. The predicted octanol–water partition coefficient (Wildman–Crippen LogP) is 5.38. The summed E-state index contributed by atoms with van der Waals surface area (Å²) in [5.41, 5.74) is 2.81. The smallest absolute Gasteiger partial charge is 0.326 e. The van der Waals surface area contributed by atoms with Crippen molar-refractivity contribution < 1.29 is 14.7 Å². The summed E-state index contributed by atoms with van der Waals surface area (Å²) in [6, 6.07) is 15.2. The van der Waals surface area contributed by atoms with Gasteiger partial charge in [0.05, 0.1) is 0 Å². The van der Waals surface area contributed by atoms with Crippen molar-refractivity contribution in [2.24, 2.45) is 5.92 Å². The second-order valence-corrected chi connectivity index (χ2v) is 10.00. The molecule has 0 bridgehead atoms. The number of hydrogen-bond donors (Lipinski definition) is 2. The third-order valence-electron chi connectivity index (χ3n) is 6.00. The minimum absolute atomic E-state index is 0.118. The summed E-state index contributed by atoms with van der Waals surface area (Å²) in [6.45, 7) is 5.97. The van der Waals surface area contributed by atoms with Gasteiger partial charge in [0.15, 0.2) is 0 Å². The first-order chi connectivity index (χ1) is 16.9. The zero-order valence-electron chi connectivity index (χ0n) is 20.1. The Balaban J connectivity index is 1.67. The maximum atomic E-state index is 13.0. The Kier molecular flexibility index (Phi) is 7.55. The van der Waals surface area contributed by atoms with E-state index in [1.807, 2.05) is 63.2 Å². The average Bonchev–Trinajstić information content (AvgIpc) is 3.51. The number of amides is 1. The SMILES string of the molecule is CCCCC(=O)N(Cc1ccc2sc(-c3ccccc3-c3nn[nH]n3)cc2c1)[C@H](C(=O)O)C(C)C. The van der Waals surface area contributed by atoms with Gasteiger partial charge in [0.25, 0.3) is 0 Å². The van der Waals surface area contributed by atoms with Crippen LogP contribution in [0.1, 0.15) is 45.6 Å². The summed E-state index contributed by atoms with van der Waals surface area (Å²) < 4.78 is 1.11. The van der Waals surface area contributed by atoms with Gasteiger partial charge in [0.1, 0.15) is 6.04 Å². The van der Waals surface area contributed by atoms with E-state index in [1.54, 1.807) is 11.3 Å². The molecule has 0 aliphatic carbocycles. The second kappa shape index (κ2) is 10.8. The number of aliphatic carboxylic acids is 1. The number of hydrogen-bond acceptors (Lipinski definition) is 6. The molecule has 0 saturated heterocycles. The van der Waals surface area contributed by atoms with Gasteiger partial charge in [-0.15, -0.1) is 21.5 Å². The van der Waals surface area contributed by atoms with E-state index in [9.17, 15) is 14.7 Å². The molecule has 0 aliphatic heterocycles. The van der Waals surface area contributed by atoms with Crippen LogP contribution in [0.15, 0.2) is 48.5 Å². The van der Waals surface area contributed by atoms with Crippen molar-refractivity contribution in [1.82, 2.24) is 25.5 Å². The van der Waals surface area contributed by atoms with Crippen molar-refractivity contribution in [2.45, 2.75) is 52.6 Å². The lowest BCUT2D eigenvalue weighted by Crippen LogP contribution is -2.47. The van der Waals surface area contributed by atoms with E-state index in [0.717, 1.165) is 44.5 Å². The molecular weight excluding hydrogens is 462 g/mol. The molecule has 2 aromatic carbocycles. The molecule has 0 radical (unpaired) electrons. The van der Waals surface area contributed by atoms with Crippen molar-refractivity contribution in [3.05, 3.63) is 54.1 Å². The van der Waals surface area contributed by atoms with E-state index in [2.05, 4.69) is 26.7 Å². The maximum Gasteiger partial charge on any atom is 0.326 e. The van der Waals surface area contributed by atoms with Gasteiger partial charge in [-0.25, -0.2) is 4.79 Å². The molecule has 2 aromatic heterocycles. The first kappa shape index (κ1) is 24.5. The molecule has 182 valence electrons. The molecule has 8 nitrogen and oxygen atoms in total. The summed E-state index contributed by atoms with van der Waals surface area (Å²) in [5, 5.41) is 25.3. The fourth-order valence-corrected chi connectivity index (χ4v) is 5.36. The predicted molar refractivity (Wildman–Crippen MR) is 137 cm³/mol. The molecule has 2 N–H and O–H groups in total. The zero-order valence-corrected chi connectivity index (χ0v) is 20.9. The van der Waals surface area contributed by atoms with E-state index in [4.69, 9.17) is 0 Å². The van der Waals surface area contributed by atoms with Crippen LogP contribution in [0.4, 0.5) is 0 Å². The monoisotopic (exact) mass is 491 g/mol. The van der Waals surface area contributed by atoms with Gasteiger partial charge >= 0.3 is 5.97 Å². The number of H-pyrrole nitrogens is 1. The number of benzene rings is 2. The van der Waals surface area contributed by atoms with Crippen molar-refractivity contribution in [3.63, 3.8) is 0 Å². The number of fused-ring (bicyclic) bond motifs is 1. The number of thiophene rings is 1. The summed E-state index contributed by atoms with van der Waals surface area (Å²) in [4.78, 5) is 27.6. The van der Waals surface area contributed by atoms with Crippen molar-refractivity contribution >= 4 is 33.3 Å². The van der Waals surface area contributed by atoms with Crippen LogP contribution in [-0.4, -0.2) is 48.5 Å². The number of aromatic amines is 1. The molecule has 9 heteroatoms. The maximum absolute atomic E-state index is 13.0. The third-order valence-corrected chi connectivity index (χ3v) is 7.15. The number of nitrogens with one attached hydrogen (secondary N) is 1.